The third kappa shape index (κ3) is 8.57. The lowest BCUT2D eigenvalue weighted by Crippen LogP contribution is -2.33. The number of hydrogen-bond donors (Lipinski definition) is 3. The Bertz CT molecular complexity index is 1270. The van der Waals surface area contributed by atoms with Gasteiger partial charge in [0, 0.05) is 23.4 Å². The van der Waals surface area contributed by atoms with Crippen molar-refractivity contribution in [3.63, 3.8) is 0 Å². The predicted molar refractivity (Wildman–Crippen MR) is 141 cm³/mol. The average molecular weight is 565 g/mol. The second kappa shape index (κ2) is 13.3. The van der Waals surface area contributed by atoms with E-state index in [1.165, 1.54) is 18.5 Å². The number of ether oxygens (including phenoxy) is 1. The Balaban J connectivity index is 1.61. The molecule has 1 aromatic heterocycles. The highest BCUT2D eigenvalue weighted by Crippen LogP contribution is 2.34. The first-order valence-electron chi connectivity index (χ1n) is 12.2. The number of carboxylic acids is 1. The quantitative estimate of drug-likeness (QED) is 0.250. The van der Waals surface area contributed by atoms with Crippen molar-refractivity contribution in [2.75, 3.05) is 18.5 Å². The van der Waals surface area contributed by atoms with Crippen molar-refractivity contribution in [2.45, 2.75) is 38.9 Å². The van der Waals surface area contributed by atoms with Gasteiger partial charge < -0.3 is 20.5 Å². The summed E-state index contributed by atoms with van der Waals surface area (Å²) >= 11 is 6.04. The van der Waals surface area contributed by atoms with Gasteiger partial charge in [0.1, 0.15) is 6.61 Å². The number of nitrogens with zero attached hydrogens (tertiary/aromatic N) is 2. The van der Waals surface area contributed by atoms with Crippen molar-refractivity contribution >= 4 is 29.2 Å². The van der Waals surface area contributed by atoms with Crippen LogP contribution in [-0.2, 0) is 11.0 Å². The molecule has 0 radical (unpaired) electrons. The Labute approximate surface area is 228 Å². The molecule has 1 unspecified atom stereocenters. The zero-order valence-electron chi connectivity index (χ0n) is 21.3. The van der Waals surface area contributed by atoms with E-state index in [4.69, 9.17) is 21.4 Å². The summed E-state index contributed by atoms with van der Waals surface area (Å²) in [6.45, 7) is 4.44. The molecule has 8 nitrogen and oxygen atoms in total. The van der Waals surface area contributed by atoms with Crippen LogP contribution in [0.4, 0.5) is 18.9 Å². The maximum Gasteiger partial charge on any atom is 0.416 e. The summed E-state index contributed by atoms with van der Waals surface area (Å²) in [4.78, 5) is 31.1. The van der Waals surface area contributed by atoms with E-state index >= 15 is 0 Å². The van der Waals surface area contributed by atoms with E-state index in [2.05, 4.69) is 34.4 Å². The number of carboxylic acid groups (broad SMARTS) is 1. The topological polar surface area (TPSA) is 113 Å². The van der Waals surface area contributed by atoms with Gasteiger partial charge in [0.25, 0.3) is 5.91 Å². The van der Waals surface area contributed by atoms with Gasteiger partial charge in [-0.3, -0.25) is 9.59 Å². The number of halogens is 4. The number of benzene rings is 2. The van der Waals surface area contributed by atoms with Crippen molar-refractivity contribution in [1.82, 2.24) is 15.3 Å². The normalized spacial score (nSPS) is 12.9. The van der Waals surface area contributed by atoms with Gasteiger partial charge >= 0.3 is 12.1 Å². The molecule has 39 heavy (non-hydrogen) atoms. The molecule has 3 N–H and O–H groups in total. The summed E-state index contributed by atoms with van der Waals surface area (Å²) in [7, 11) is 0. The van der Waals surface area contributed by atoms with Crippen molar-refractivity contribution in [3.8, 4) is 17.1 Å². The van der Waals surface area contributed by atoms with Gasteiger partial charge in [0.2, 0.25) is 0 Å². The van der Waals surface area contributed by atoms with Crippen LogP contribution >= 0.6 is 11.6 Å². The minimum Gasteiger partial charge on any atom is -0.488 e. The lowest BCUT2D eigenvalue weighted by atomic mass is 9.99. The third-order valence-corrected chi connectivity index (χ3v) is 6.36. The van der Waals surface area contributed by atoms with E-state index in [-0.39, 0.29) is 53.8 Å². The van der Waals surface area contributed by atoms with Crippen molar-refractivity contribution < 1.29 is 32.6 Å². The zero-order chi connectivity index (χ0) is 28.6. The summed E-state index contributed by atoms with van der Waals surface area (Å²) < 4.78 is 44.6. The molecular formula is C27H28ClF3N4O4. The number of hydrogen-bond acceptors (Lipinski definition) is 6. The van der Waals surface area contributed by atoms with Crippen LogP contribution in [0.3, 0.4) is 0 Å². The zero-order valence-corrected chi connectivity index (χ0v) is 22.0. The minimum atomic E-state index is -4.50. The Morgan fingerprint density at radius 2 is 1.77 bits per heavy atom. The lowest BCUT2D eigenvalue weighted by Gasteiger charge is -2.25. The van der Waals surface area contributed by atoms with E-state index in [0.29, 0.717) is 11.3 Å². The molecule has 1 heterocycles. The summed E-state index contributed by atoms with van der Waals surface area (Å²) in [5.74, 6) is -0.574. The Morgan fingerprint density at radius 3 is 2.33 bits per heavy atom. The predicted octanol–water partition coefficient (Wildman–Crippen LogP) is 5.93. The highest BCUT2D eigenvalue weighted by atomic mass is 35.5. The van der Waals surface area contributed by atoms with Gasteiger partial charge in [0.05, 0.1) is 35.4 Å². The molecular weight excluding hydrogens is 537 g/mol. The average Bonchev–Trinajstić information content (AvgIpc) is 2.90. The molecule has 0 aliphatic heterocycles. The molecule has 3 aromatic rings. The number of anilines is 1. The number of carbonyl (C=O) groups is 2. The molecule has 0 aliphatic rings. The Hall–Kier alpha value is -3.86. The molecule has 1 amide bonds. The highest BCUT2D eigenvalue weighted by Gasteiger charge is 2.31. The van der Waals surface area contributed by atoms with Crippen LogP contribution in [0.25, 0.3) is 11.4 Å². The van der Waals surface area contributed by atoms with E-state index in [9.17, 15) is 22.8 Å². The molecule has 0 saturated heterocycles. The fraction of sp³-hybridized carbons (Fsp3) is 0.333. The van der Waals surface area contributed by atoms with Gasteiger partial charge in [-0.15, -0.1) is 0 Å². The van der Waals surface area contributed by atoms with Crippen molar-refractivity contribution in [3.05, 3.63) is 71.0 Å². The first-order valence-corrected chi connectivity index (χ1v) is 12.5. The molecule has 2 atom stereocenters. The number of carbonyl (C=O) groups excluding carboxylic acids is 1. The monoisotopic (exact) mass is 564 g/mol. The lowest BCUT2D eigenvalue weighted by molar-refractivity contribution is -0.138. The molecule has 0 saturated carbocycles. The molecule has 0 fully saturated rings. The van der Waals surface area contributed by atoms with Crippen LogP contribution < -0.4 is 15.4 Å². The molecule has 0 aliphatic carbocycles. The highest BCUT2D eigenvalue weighted by molar-refractivity contribution is 6.33. The number of aromatic nitrogens is 2. The fourth-order valence-electron chi connectivity index (χ4n) is 3.54. The SMILES string of the molecule is CCC(C)[C@@H](COc1cnc(-c2ccc(C(F)(F)F)cc2Cl)nc1)Nc1ccc(C(=O)NCCC(=O)O)cc1. The van der Waals surface area contributed by atoms with Crippen LogP contribution in [0.2, 0.25) is 5.02 Å². The van der Waals surface area contributed by atoms with Crippen LogP contribution in [0, 0.1) is 5.92 Å². The molecule has 3 rings (SSSR count). The minimum absolute atomic E-state index is 0.0453. The van der Waals surface area contributed by atoms with Crippen LogP contribution in [0.15, 0.2) is 54.9 Å². The van der Waals surface area contributed by atoms with Crippen LogP contribution in [-0.4, -0.2) is 46.1 Å². The number of rotatable bonds is 12. The van der Waals surface area contributed by atoms with Crippen molar-refractivity contribution in [1.29, 1.82) is 0 Å². The van der Waals surface area contributed by atoms with Crippen LogP contribution in [0.5, 0.6) is 5.75 Å². The first-order chi connectivity index (χ1) is 18.5. The number of aliphatic carboxylic acids is 1. The summed E-state index contributed by atoms with van der Waals surface area (Å²) in [6, 6.07) is 9.70. The standard InChI is InChI=1S/C27H28ClF3N4O4/c1-3-16(2)23(35-19-7-4-17(5-8-19)26(38)32-11-10-24(36)37)15-39-20-13-33-25(34-14-20)21-9-6-18(12-22(21)28)27(29,30)31/h4-9,12-14,16,23,35H,3,10-11,15H2,1-2H3,(H,32,38)(H,36,37)/t16?,23-/m1/s1. The van der Waals surface area contributed by atoms with Gasteiger partial charge in [-0.25, -0.2) is 9.97 Å². The van der Waals surface area contributed by atoms with E-state index in [1.807, 2.05) is 0 Å². The first kappa shape index (κ1) is 29.7. The number of alkyl halides is 3. The molecule has 0 spiro atoms. The van der Waals surface area contributed by atoms with E-state index in [1.54, 1.807) is 24.3 Å². The second-order valence-electron chi connectivity index (χ2n) is 8.86. The smallest absolute Gasteiger partial charge is 0.416 e. The van der Waals surface area contributed by atoms with Gasteiger partial charge in [0.15, 0.2) is 11.6 Å². The molecule has 2 aromatic carbocycles. The molecule has 12 heteroatoms. The molecule has 208 valence electrons. The van der Waals surface area contributed by atoms with Crippen LogP contribution in [0.1, 0.15) is 42.6 Å². The molecule has 0 bridgehead atoms. The Morgan fingerprint density at radius 1 is 1.10 bits per heavy atom. The largest absolute Gasteiger partial charge is 0.488 e. The Kier molecular flexibility index (Phi) is 10.1. The van der Waals surface area contributed by atoms with E-state index < -0.39 is 17.7 Å². The number of nitrogens with one attached hydrogen (secondary N) is 2. The second-order valence-corrected chi connectivity index (χ2v) is 9.27. The number of amides is 1. The third-order valence-electron chi connectivity index (χ3n) is 6.05. The maximum atomic E-state index is 12.9. The van der Waals surface area contributed by atoms with E-state index in [0.717, 1.165) is 24.2 Å². The summed E-state index contributed by atoms with van der Waals surface area (Å²) in [5, 5.41) is 14.5. The fourth-order valence-corrected chi connectivity index (χ4v) is 3.80. The maximum absolute atomic E-state index is 12.9. The van der Waals surface area contributed by atoms with Gasteiger partial charge in [-0.2, -0.15) is 13.2 Å². The van der Waals surface area contributed by atoms with Gasteiger partial charge in [-0.05, 0) is 48.4 Å². The van der Waals surface area contributed by atoms with Crippen molar-refractivity contribution in [2.24, 2.45) is 5.92 Å². The summed E-state index contributed by atoms with van der Waals surface area (Å²) in [6.07, 6.45) is -0.921. The van der Waals surface area contributed by atoms with Gasteiger partial charge in [-0.1, -0.05) is 31.9 Å². The summed E-state index contributed by atoms with van der Waals surface area (Å²) in [5.41, 5.74) is 0.602.